The van der Waals surface area contributed by atoms with Gasteiger partial charge in [0.25, 0.3) is 0 Å². The van der Waals surface area contributed by atoms with Crippen molar-refractivity contribution in [2.24, 2.45) is 0 Å². The minimum atomic E-state index is -0.0435. The fraction of sp³-hybridized carbons (Fsp3) is 0.357. The van der Waals surface area contributed by atoms with E-state index < -0.39 is 0 Å². The molecule has 0 aliphatic rings. The van der Waals surface area contributed by atoms with Crippen LogP contribution in [0.1, 0.15) is 32.0 Å². The van der Waals surface area contributed by atoms with Crippen LogP contribution in [0.2, 0.25) is 5.02 Å². The highest BCUT2D eigenvalue weighted by atomic mass is 79.9. The van der Waals surface area contributed by atoms with E-state index in [1.54, 1.807) is 0 Å². The van der Waals surface area contributed by atoms with Gasteiger partial charge in [0.2, 0.25) is 0 Å². The summed E-state index contributed by atoms with van der Waals surface area (Å²) in [4.78, 5) is 0. The van der Waals surface area contributed by atoms with Crippen molar-refractivity contribution in [1.82, 2.24) is 9.78 Å². The zero-order valence-electron chi connectivity index (χ0n) is 11.2. The van der Waals surface area contributed by atoms with Crippen molar-refractivity contribution >= 4 is 33.3 Å². The highest BCUT2D eigenvalue weighted by Crippen LogP contribution is 2.33. The lowest BCUT2D eigenvalue weighted by atomic mass is 9.92. The van der Waals surface area contributed by atoms with E-state index in [0.29, 0.717) is 12.4 Å². The predicted molar refractivity (Wildman–Crippen MR) is 83.6 cm³/mol. The van der Waals surface area contributed by atoms with Crippen LogP contribution in [0.15, 0.2) is 28.7 Å². The molecule has 1 heterocycles. The highest BCUT2D eigenvalue weighted by molar-refractivity contribution is 9.10. The van der Waals surface area contributed by atoms with Crippen molar-refractivity contribution < 1.29 is 0 Å². The molecule has 2 aromatic rings. The number of rotatable bonds is 2. The van der Waals surface area contributed by atoms with Crippen molar-refractivity contribution in [3.05, 3.63) is 45.0 Å². The molecular formula is C14H17BrClN3. The number of hydrogen-bond donors (Lipinski definition) is 1. The summed E-state index contributed by atoms with van der Waals surface area (Å²) in [7, 11) is 0. The van der Waals surface area contributed by atoms with Gasteiger partial charge in [-0.15, -0.1) is 0 Å². The maximum Gasteiger partial charge on any atom is 0.136 e. The largest absolute Gasteiger partial charge is 0.383 e. The Morgan fingerprint density at radius 3 is 2.32 bits per heavy atom. The van der Waals surface area contributed by atoms with Crippen LogP contribution in [0, 0.1) is 0 Å². The second-order valence-corrected chi connectivity index (χ2v) is 6.81. The Balaban J connectivity index is 2.34. The molecule has 0 bridgehead atoms. The van der Waals surface area contributed by atoms with Crippen LogP contribution < -0.4 is 5.73 Å². The van der Waals surface area contributed by atoms with Gasteiger partial charge in [0.1, 0.15) is 5.82 Å². The molecule has 0 spiro atoms. The number of halogens is 2. The van der Waals surface area contributed by atoms with Gasteiger partial charge in [-0.1, -0.05) is 44.5 Å². The van der Waals surface area contributed by atoms with Crippen LogP contribution in [0.25, 0.3) is 0 Å². The maximum absolute atomic E-state index is 6.11. The predicted octanol–water partition coefficient (Wildman–Crippen LogP) is 4.23. The van der Waals surface area contributed by atoms with E-state index in [-0.39, 0.29) is 5.41 Å². The van der Waals surface area contributed by atoms with Crippen molar-refractivity contribution in [2.45, 2.75) is 32.7 Å². The summed E-state index contributed by atoms with van der Waals surface area (Å²) in [6, 6.07) is 7.70. The Hall–Kier alpha value is -1.00. The minimum Gasteiger partial charge on any atom is -0.383 e. The molecule has 0 fully saturated rings. The summed E-state index contributed by atoms with van der Waals surface area (Å²) in [5.41, 5.74) is 8.15. The molecule has 1 aromatic heterocycles. The molecule has 0 aliphatic carbocycles. The molecule has 1 aromatic carbocycles. The molecule has 0 saturated heterocycles. The van der Waals surface area contributed by atoms with Gasteiger partial charge in [-0.2, -0.15) is 5.10 Å². The monoisotopic (exact) mass is 341 g/mol. The molecule has 2 N–H and O–H groups in total. The van der Waals surface area contributed by atoms with Crippen molar-refractivity contribution in [2.75, 3.05) is 5.73 Å². The molecule has 0 aliphatic heterocycles. The summed E-state index contributed by atoms with van der Waals surface area (Å²) in [5.74, 6) is 0.653. The van der Waals surface area contributed by atoms with Crippen LogP contribution in [-0.4, -0.2) is 9.78 Å². The Labute approximate surface area is 126 Å². The molecule has 0 radical (unpaired) electrons. The van der Waals surface area contributed by atoms with E-state index in [1.807, 2.05) is 28.9 Å². The molecule has 5 heteroatoms. The summed E-state index contributed by atoms with van der Waals surface area (Å²) >= 11 is 9.41. The van der Waals surface area contributed by atoms with E-state index >= 15 is 0 Å². The second-order valence-electron chi connectivity index (χ2n) is 5.58. The van der Waals surface area contributed by atoms with Crippen LogP contribution in [-0.2, 0) is 12.0 Å². The number of nitrogens with two attached hydrogens (primary N) is 1. The molecule has 19 heavy (non-hydrogen) atoms. The maximum atomic E-state index is 6.11. The van der Waals surface area contributed by atoms with E-state index in [0.717, 1.165) is 20.8 Å². The van der Waals surface area contributed by atoms with Gasteiger partial charge >= 0.3 is 0 Å². The number of aromatic nitrogens is 2. The van der Waals surface area contributed by atoms with Gasteiger partial charge in [0.05, 0.1) is 16.7 Å². The van der Waals surface area contributed by atoms with E-state index in [9.17, 15) is 0 Å². The molecule has 0 saturated carbocycles. The zero-order chi connectivity index (χ0) is 14.2. The Morgan fingerprint density at radius 2 is 1.84 bits per heavy atom. The Bertz CT molecular complexity index is 582. The van der Waals surface area contributed by atoms with Crippen LogP contribution in [0.5, 0.6) is 0 Å². The lowest BCUT2D eigenvalue weighted by molar-refractivity contribution is 0.544. The molecule has 0 atom stereocenters. The quantitative estimate of drug-likeness (QED) is 0.887. The fourth-order valence-electron chi connectivity index (χ4n) is 1.82. The Kier molecular flexibility index (Phi) is 3.92. The lowest BCUT2D eigenvalue weighted by Crippen LogP contribution is -2.13. The van der Waals surface area contributed by atoms with Crippen molar-refractivity contribution in [3.8, 4) is 0 Å². The topological polar surface area (TPSA) is 43.8 Å². The van der Waals surface area contributed by atoms with Crippen LogP contribution in [0.3, 0.4) is 0 Å². The second kappa shape index (κ2) is 5.17. The molecule has 2 rings (SSSR count). The van der Waals surface area contributed by atoms with E-state index in [4.69, 9.17) is 17.3 Å². The average Bonchev–Trinajstić information content (AvgIpc) is 2.60. The first-order chi connectivity index (χ1) is 8.79. The number of nitrogen functional groups attached to an aromatic ring is 1. The standard InChI is InChI=1S/C14H17BrClN3/c1-14(2,3)12-11(15)13(17)19(18-12)8-9-4-6-10(16)7-5-9/h4-7H,8,17H2,1-3H3. The van der Waals surface area contributed by atoms with Crippen molar-refractivity contribution in [1.29, 1.82) is 0 Å². The number of nitrogens with zero attached hydrogens (tertiary/aromatic N) is 2. The third-order valence-electron chi connectivity index (χ3n) is 2.89. The summed E-state index contributed by atoms with van der Waals surface area (Å²) in [5, 5.41) is 5.34. The molecular weight excluding hydrogens is 326 g/mol. The number of hydrogen-bond acceptors (Lipinski definition) is 2. The van der Waals surface area contributed by atoms with Gasteiger partial charge in [-0.3, -0.25) is 0 Å². The van der Waals surface area contributed by atoms with E-state index in [1.165, 1.54) is 0 Å². The van der Waals surface area contributed by atoms with E-state index in [2.05, 4.69) is 41.8 Å². The van der Waals surface area contributed by atoms with Crippen LogP contribution >= 0.6 is 27.5 Å². The first-order valence-corrected chi connectivity index (χ1v) is 7.23. The van der Waals surface area contributed by atoms with Gasteiger partial charge < -0.3 is 5.73 Å². The summed E-state index contributed by atoms with van der Waals surface area (Å²) in [6.45, 7) is 6.99. The minimum absolute atomic E-state index is 0.0435. The Morgan fingerprint density at radius 1 is 1.26 bits per heavy atom. The van der Waals surface area contributed by atoms with Gasteiger partial charge in [0.15, 0.2) is 0 Å². The number of benzene rings is 1. The molecule has 102 valence electrons. The molecule has 3 nitrogen and oxygen atoms in total. The zero-order valence-corrected chi connectivity index (χ0v) is 13.6. The summed E-state index contributed by atoms with van der Waals surface area (Å²) < 4.78 is 2.70. The third-order valence-corrected chi connectivity index (χ3v) is 3.92. The van der Waals surface area contributed by atoms with Gasteiger partial charge in [-0.05, 0) is 33.6 Å². The molecule has 0 amide bonds. The highest BCUT2D eigenvalue weighted by Gasteiger charge is 2.24. The fourth-order valence-corrected chi connectivity index (χ4v) is 2.82. The van der Waals surface area contributed by atoms with Crippen LogP contribution in [0.4, 0.5) is 5.82 Å². The third kappa shape index (κ3) is 3.12. The SMILES string of the molecule is CC(C)(C)c1nn(Cc2ccc(Cl)cc2)c(N)c1Br. The first-order valence-electron chi connectivity index (χ1n) is 6.06. The van der Waals surface area contributed by atoms with Crippen molar-refractivity contribution in [3.63, 3.8) is 0 Å². The lowest BCUT2D eigenvalue weighted by Gasteiger charge is -2.15. The first kappa shape index (κ1) is 14.4. The summed E-state index contributed by atoms with van der Waals surface area (Å²) in [6.07, 6.45) is 0. The molecule has 0 unspecified atom stereocenters. The normalized spacial score (nSPS) is 11.8. The van der Waals surface area contributed by atoms with Gasteiger partial charge in [0, 0.05) is 10.4 Å². The smallest absolute Gasteiger partial charge is 0.136 e. The number of anilines is 1. The van der Waals surface area contributed by atoms with Gasteiger partial charge in [-0.25, -0.2) is 4.68 Å². The average molecular weight is 343 g/mol.